The SMILES string of the molecule is [B]C1CC(OP(=O)(O)OCC2OC([B])CC2OC(C)C)C(O)(COC(C)C)C1. The second-order valence-electron chi connectivity index (χ2n) is 8.19. The van der Waals surface area contributed by atoms with Crippen molar-refractivity contribution in [2.45, 2.75) is 94.9 Å². The smallest absolute Gasteiger partial charge is 0.385 e. The summed E-state index contributed by atoms with van der Waals surface area (Å²) in [7, 11) is 7.23. The summed E-state index contributed by atoms with van der Waals surface area (Å²) in [5.41, 5.74) is -1.46. The lowest BCUT2D eigenvalue weighted by Gasteiger charge is -2.31. The average molecular weight is 416 g/mol. The highest BCUT2D eigenvalue weighted by Crippen LogP contribution is 2.51. The molecule has 1 aliphatic carbocycles. The summed E-state index contributed by atoms with van der Waals surface area (Å²) in [5.74, 6) is -0.370. The van der Waals surface area contributed by atoms with Gasteiger partial charge < -0.3 is 24.2 Å². The molecule has 0 aromatic heterocycles. The van der Waals surface area contributed by atoms with Gasteiger partial charge in [-0.3, -0.25) is 9.05 Å². The molecule has 1 saturated carbocycles. The van der Waals surface area contributed by atoms with E-state index in [2.05, 4.69) is 0 Å². The fourth-order valence-electron chi connectivity index (χ4n) is 3.51. The maximum atomic E-state index is 12.5. The largest absolute Gasteiger partial charge is 0.472 e. The fraction of sp³-hybridized carbons (Fsp3) is 1.00. The average Bonchev–Trinajstić information content (AvgIpc) is 3.02. The molecule has 2 aliphatic rings. The normalized spacial score (nSPS) is 38.4. The molecule has 7 atom stereocenters. The van der Waals surface area contributed by atoms with Crippen LogP contribution in [0.1, 0.15) is 47.0 Å². The minimum absolute atomic E-state index is 0.0467. The Hall–Kier alpha value is 0.0799. The van der Waals surface area contributed by atoms with Crippen molar-refractivity contribution < 1.29 is 37.8 Å². The van der Waals surface area contributed by atoms with Gasteiger partial charge in [-0.15, -0.1) is 0 Å². The molecule has 2 fully saturated rings. The first kappa shape index (κ1) is 24.4. The lowest BCUT2D eigenvalue weighted by molar-refractivity contribution is -0.114. The third-order valence-corrected chi connectivity index (χ3v) is 5.73. The van der Waals surface area contributed by atoms with Gasteiger partial charge in [-0.25, -0.2) is 4.57 Å². The molecule has 2 N–H and O–H groups in total. The van der Waals surface area contributed by atoms with Gasteiger partial charge in [-0.05, 0) is 47.0 Å². The predicted octanol–water partition coefficient (Wildman–Crippen LogP) is 1.47. The molecule has 8 nitrogen and oxygen atoms in total. The third-order valence-electron chi connectivity index (χ3n) is 4.74. The van der Waals surface area contributed by atoms with E-state index in [1.165, 1.54) is 0 Å². The topological polar surface area (TPSA) is 104 Å². The van der Waals surface area contributed by atoms with Gasteiger partial charge in [0.15, 0.2) is 0 Å². The Morgan fingerprint density at radius 1 is 1.21 bits per heavy atom. The number of phosphoric acid groups is 1. The Labute approximate surface area is 170 Å². The van der Waals surface area contributed by atoms with Crippen molar-refractivity contribution in [1.29, 1.82) is 0 Å². The summed E-state index contributed by atoms with van der Waals surface area (Å²) in [5, 5.41) is 10.8. The standard InChI is InChI=1S/C17H31B2O8P/c1-10(2)23-9-17(20)7-12(18)5-15(17)27-28(21,22)24-8-14-13(25-11(3)4)6-16(19)26-14/h10-16,20H,5-9H2,1-4H3,(H,21,22). The number of rotatable bonds is 10. The van der Waals surface area contributed by atoms with Crippen LogP contribution in [0.25, 0.3) is 0 Å². The first-order valence-electron chi connectivity index (χ1n) is 9.72. The minimum atomic E-state index is -4.48. The summed E-state index contributed by atoms with van der Waals surface area (Å²) < 4.78 is 39.6. The highest BCUT2D eigenvalue weighted by Gasteiger charge is 2.49. The molecule has 0 aromatic carbocycles. The zero-order valence-electron chi connectivity index (χ0n) is 17.0. The molecule has 1 heterocycles. The van der Waals surface area contributed by atoms with E-state index in [9.17, 15) is 14.6 Å². The molecule has 7 unspecified atom stereocenters. The van der Waals surface area contributed by atoms with Crippen LogP contribution >= 0.6 is 7.82 Å². The number of aliphatic hydroxyl groups is 1. The third kappa shape index (κ3) is 7.10. The monoisotopic (exact) mass is 416 g/mol. The van der Waals surface area contributed by atoms with Crippen LogP contribution in [0.4, 0.5) is 0 Å². The maximum Gasteiger partial charge on any atom is 0.472 e. The van der Waals surface area contributed by atoms with Crippen LogP contribution in [-0.4, -0.2) is 81.0 Å². The van der Waals surface area contributed by atoms with Crippen LogP contribution in [0, 0.1) is 0 Å². The van der Waals surface area contributed by atoms with Crippen molar-refractivity contribution in [2.24, 2.45) is 0 Å². The van der Waals surface area contributed by atoms with Crippen LogP contribution in [0.5, 0.6) is 0 Å². The van der Waals surface area contributed by atoms with E-state index in [4.69, 9.17) is 39.0 Å². The van der Waals surface area contributed by atoms with Crippen LogP contribution in [0.3, 0.4) is 0 Å². The van der Waals surface area contributed by atoms with E-state index in [1.807, 2.05) is 27.7 Å². The van der Waals surface area contributed by atoms with E-state index >= 15 is 0 Å². The number of phosphoric ester groups is 1. The van der Waals surface area contributed by atoms with Gasteiger partial charge in [-0.2, -0.15) is 0 Å². The first-order chi connectivity index (χ1) is 12.9. The molecule has 2 rings (SSSR count). The molecule has 1 saturated heterocycles. The van der Waals surface area contributed by atoms with E-state index < -0.39 is 31.6 Å². The second kappa shape index (κ2) is 9.92. The summed E-state index contributed by atoms with van der Waals surface area (Å²) in [6.45, 7) is 7.15. The van der Waals surface area contributed by atoms with Gasteiger partial charge in [0.2, 0.25) is 0 Å². The van der Waals surface area contributed by atoms with Crippen molar-refractivity contribution >= 4 is 23.5 Å². The quantitative estimate of drug-likeness (QED) is 0.408. The van der Waals surface area contributed by atoms with Gasteiger partial charge in [0.1, 0.15) is 19.6 Å². The van der Waals surface area contributed by atoms with E-state index in [0.29, 0.717) is 6.42 Å². The highest BCUT2D eigenvalue weighted by molar-refractivity contribution is 7.47. The maximum absolute atomic E-state index is 12.5. The Kier molecular flexibility index (Phi) is 8.63. The fourth-order valence-corrected chi connectivity index (χ4v) is 4.51. The molecule has 4 radical (unpaired) electrons. The van der Waals surface area contributed by atoms with Gasteiger partial charge in [0.25, 0.3) is 0 Å². The van der Waals surface area contributed by atoms with Crippen molar-refractivity contribution in [3.8, 4) is 0 Å². The zero-order chi connectivity index (χ0) is 21.1. The Morgan fingerprint density at radius 2 is 1.89 bits per heavy atom. The van der Waals surface area contributed by atoms with Crippen LogP contribution in [0.15, 0.2) is 0 Å². The lowest BCUT2D eigenvalue weighted by atomic mass is 9.85. The molecule has 11 heteroatoms. The van der Waals surface area contributed by atoms with Crippen molar-refractivity contribution in [2.75, 3.05) is 13.2 Å². The Bertz CT molecular complexity index is 551. The lowest BCUT2D eigenvalue weighted by Crippen LogP contribution is -2.44. The predicted molar refractivity (Wildman–Crippen MR) is 104 cm³/mol. The van der Waals surface area contributed by atoms with E-state index in [-0.39, 0.29) is 50.2 Å². The second-order valence-corrected chi connectivity index (χ2v) is 9.60. The van der Waals surface area contributed by atoms with Gasteiger partial charge in [0.05, 0.1) is 45.5 Å². The van der Waals surface area contributed by atoms with Crippen LogP contribution in [-0.2, 0) is 27.8 Å². The molecular weight excluding hydrogens is 385 g/mol. The van der Waals surface area contributed by atoms with Crippen molar-refractivity contribution in [3.05, 3.63) is 0 Å². The molecule has 28 heavy (non-hydrogen) atoms. The number of hydrogen-bond acceptors (Lipinski definition) is 7. The summed E-state index contributed by atoms with van der Waals surface area (Å²) in [4.78, 5) is 10.2. The number of ether oxygens (including phenoxy) is 3. The first-order valence-corrected chi connectivity index (χ1v) is 11.2. The van der Waals surface area contributed by atoms with Crippen LogP contribution in [0.2, 0.25) is 5.82 Å². The Balaban J connectivity index is 1.93. The zero-order valence-corrected chi connectivity index (χ0v) is 17.9. The van der Waals surface area contributed by atoms with Crippen molar-refractivity contribution in [1.82, 2.24) is 0 Å². The summed E-state index contributed by atoms with van der Waals surface area (Å²) >= 11 is 0. The number of hydrogen-bond donors (Lipinski definition) is 2. The molecule has 1 aliphatic heterocycles. The minimum Gasteiger partial charge on any atom is -0.385 e. The molecule has 0 spiro atoms. The molecule has 0 bridgehead atoms. The molecule has 0 aromatic rings. The van der Waals surface area contributed by atoms with E-state index in [0.717, 1.165) is 0 Å². The van der Waals surface area contributed by atoms with E-state index in [1.54, 1.807) is 0 Å². The van der Waals surface area contributed by atoms with Gasteiger partial charge in [-0.1, -0.05) is 5.82 Å². The van der Waals surface area contributed by atoms with Crippen molar-refractivity contribution in [3.63, 3.8) is 0 Å². The molecule has 158 valence electrons. The molecule has 0 amide bonds. The Morgan fingerprint density at radius 3 is 2.50 bits per heavy atom. The summed E-state index contributed by atoms with van der Waals surface area (Å²) in [6.07, 6.45) is -1.18. The van der Waals surface area contributed by atoms with Crippen LogP contribution < -0.4 is 0 Å². The highest BCUT2D eigenvalue weighted by atomic mass is 31.2. The van der Waals surface area contributed by atoms with Gasteiger partial charge >= 0.3 is 7.82 Å². The summed E-state index contributed by atoms with van der Waals surface area (Å²) in [6, 6.07) is -0.526. The van der Waals surface area contributed by atoms with Gasteiger partial charge in [0, 0.05) is 6.00 Å². The molecular formula is C17H31B2O8P.